The van der Waals surface area contributed by atoms with Gasteiger partial charge in [-0.1, -0.05) is 18.2 Å². The van der Waals surface area contributed by atoms with Crippen LogP contribution in [0.25, 0.3) is 0 Å². The predicted molar refractivity (Wildman–Crippen MR) is 60.0 cm³/mol. The van der Waals surface area contributed by atoms with Crippen LogP contribution in [0.4, 0.5) is 13.2 Å². The molecule has 0 atom stereocenters. The Morgan fingerprint density at radius 1 is 1.26 bits per heavy atom. The van der Waals surface area contributed by atoms with Gasteiger partial charge in [-0.05, 0) is 19.1 Å². The maximum atomic E-state index is 11.0. The molecule has 108 valence electrons. The maximum Gasteiger partial charge on any atom is 0.522 e. The van der Waals surface area contributed by atoms with Crippen LogP contribution < -0.4 is 0 Å². The van der Waals surface area contributed by atoms with Crippen LogP contribution in [0.1, 0.15) is 17.3 Å². The molecule has 0 amide bonds. The first kappa shape index (κ1) is 17.4. The minimum absolute atomic E-state index is 0.256. The Kier molecular flexibility index (Phi) is 6.49. The lowest BCUT2D eigenvalue weighted by molar-refractivity contribution is -0.0510. The highest BCUT2D eigenvalue weighted by molar-refractivity contribution is 7.86. The van der Waals surface area contributed by atoms with Crippen molar-refractivity contribution in [2.24, 2.45) is 0 Å². The summed E-state index contributed by atoms with van der Waals surface area (Å²) in [5.74, 6) is -0.256. The van der Waals surface area contributed by atoms with Gasteiger partial charge in [-0.2, -0.15) is 21.6 Å². The number of hydrogen-bond donors (Lipinski definition) is 1. The zero-order chi connectivity index (χ0) is 15.1. The van der Waals surface area contributed by atoms with E-state index < -0.39 is 15.6 Å². The number of carbonyl (C=O) groups is 1. The topological polar surface area (TPSA) is 80.7 Å². The third kappa shape index (κ3) is 6.77. The number of benzene rings is 1. The van der Waals surface area contributed by atoms with Crippen molar-refractivity contribution in [1.82, 2.24) is 0 Å². The van der Waals surface area contributed by atoms with Crippen LogP contribution in [0.5, 0.6) is 0 Å². The number of carbonyl (C=O) groups excluding carboxylic acids is 1. The maximum absolute atomic E-state index is 11.0. The summed E-state index contributed by atoms with van der Waals surface area (Å²) in [5.41, 5.74) is -4.93. The predicted octanol–water partition coefficient (Wildman–Crippen LogP) is 2.26. The number of rotatable bonds is 2. The Labute approximate surface area is 107 Å². The summed E-state index contributed by atoms with van der Waals surface area (Å²) in [6.45, 7) is 2.22. The quantitative estimate of drug-likeness (QED) is 0.515. The number of hydrogen-bond acceptors (Lipinski definition) is 4. The van der Waals surface area contributed by atoms with Gasteiger partial charge in [0, 0.05) is 0 Å². The SMILES string of the molecule is CCOC(=O)c1ccccc1.O=S(=O)(O)C(F)(F)F. The van der Waals surface area contributed by atoms with Gasteiger partial charge in [0.1, 0.15) is 0 Å². The summed E-state index contributed by atoms with van der Waals surface area (Å²) in [4.78, 5) is 11.0. The monoisotopic (exact) mass is 300 g/mol. The number of ether oxygens (including phenoxy) is 1. The van der Waals surface area contributed by atoms with E-state index in [1.54, 1.807) is 19.1 Å². The van der Waals surface area contributed by atoms with Crippen molar-refractivity contribution in [1.29, 1.82) is 0 Å². The van der Waals surface area contributed by atoms with Gasteiger partial charge in [0.25, 0.3) is 0 Å². The second-order valence-electron chi connectivity index (χ2n) is 3.01. The number of halogens is 3. The molecule has 0 aliphatic carbocycles. The van der Waals surface area contributed by atoms with E-state index in [9.17, 15) is 18.0 Å². The van der Waals surface area contributed by atoms with Gasteiger partial charge in [0.2, 0.25) is 0 Å². The van der Waals surface area contributed by atoms with Crippen molar-refractivity contribution < 1.29 is 35.7 Å². The molecule has 0 bridgehead atoms. The highest BCUT2D eigenvalue weighted by Gasteiger charge is 2.44. The van der Waals surface area contributed by atoms with E-state index in [4.69, 9.17) is 17.7 Å². The fourth-order valence-electron chi connectivity index (χ4n) is 0.789. The zero-order valence-corrected chi connectivity index (χ0v) is 10.5. The minimum Gasteiger partial charge on any atom is -0.462 e. The Bertz CT molecular complexity index is 496. The molecule has 0 saturated carbocycles. The van der Waals surface area contributed by atoms with Gasteiger partial charge in [0.05, 0.1) is 12.2 Å². The molecule has 9 heteroatoms. The average Bonchev–Trinajstić information content (AvgIpc) is 2.29. The summed E-state index contributed by atoms with van der Waals surface area (Å²) >= 11 is 0. The molecule has 0 radical (unpaired) electrons. The fraction of sp³-hybridized carbons (Fsp3) is 0.300. The average molecular weight is 300 g/mol. The molecule has 0 heterocycles. The van der Waals surface area contributed by atoms with Crippen LogP contribution in [0, 0.1) is 0 Å². The smallest absolute Gasteiger partial charge is 0.462 e. The summed E-state index contributed by atoms with van der Waals surface area (Å²) in [6, 6.07) is 8.96. The van der Waals surface area contributed by atoms with Crippen LogP contribution in [0.15, 0.2) is 30.3 Å². The normalized spacial score (nSPS) is 11.2. The molecule has 1 N–H and O–H groups in total. The van der Waals surface area contributed by atoms with Gasteiger partial charge in [-0.3, -0.25) is 4.55 Å². The summed E-state index contributed by atoms with van der Waals surface area (Å²) in [6.07, 6.45) is 0. The van der Waals surface area contributed by atoms with E-state index in [-0.39, 0.29) is 5.97 Å². The Morgan fingerprint density at radius 3 is 2.00 bits per heavy atom. The van der Waals surface area contributed by atoms with Gasteiger partial charge in [-0.25, -0.2) is 4.79 Å². The fourth-order valence-corrected chi connectivity index (χ4v) is 0.789. The highest BCUT2D eigenvalue weighted by atomic mass is 32.2. The van der Waals surface area contributed by atoms with E-state index in [0.29, 0.717) is 12.2 Å². The second-order valence-corrected chi connectivity index (χ2v) is 4.42. The van der Waals surface area contributed by atoms with E-state index in [1.807, 2.05) is 18.2 Å². The highest BCUT2D eigenvalue weighted by Crippen LogP contribution is 2.20. The molecule has 5 nitrogen and oxygen atoms in total. The largest absolute Gasteiger partial charge is 0.522 e. The molecule has 0 saturated heterocycles. The second kappa shape index (κ2) is 7.10. The minimum atomic E-state index is -5.84. The third-order valence-corrected chi connectivity index (χ3v) is 2.16. The molecular formula is C10H11F3O5S. The van der Waals surface area contributed by atoms with Crippen LogP contribution in [0.2, 0.25) is 0 Å². The standard InChI is InChI=1S/C9H10O2.CHF3O3S/c1-2-11-9(10)8-6-4-3-5-7-8;2-1(3,4)8(5,6)7/h3-7H,2H2,1H3;(H,5,6,7). The molecule has 0 fully saturated rings. The van der Waals surface area contributed by atoms with Crippen LogP contribution >= 0.6 is 0 Å². The van der Waals surface area contributed by atoms with Gasteiger partial charge < -0.3 is 4.74 Å². The summed E-state index contributed by atoms with van der Waals surface area (Å²) in [7, 11) is -5.84. The molecule has 0 aromatic heterocycles. The van der Waals surface area contributed by atoms with Crippen molar-refractivity contribution in [3.63, 3.8) is 0 Å². The van der Waals surface area contributed by atoms with Gasteiger partial charge in [-0.15, -0.1) is 0 Å². The van der Waals surface area contributed by atoms with E-state index >= 15 is 0 Å². The molecule has 0 aliphatic heterocycles. The summed E-state index contributed by atoms with van der Waals surface area (Å²) in [5, 5.41) is 0. The summed E-state index contributed by atoms with van der Waals surface area (Å²) < 4.78 is 62.3. The molecule has 0 spiro atoms. The number of esters is 1. The lowest BCUT2D eigenvalue weighted by atomic mass is 10.2. The molecule has 1 aromatic rings. The first-order valence-electron chi connectivity index (χ1n) is 4.85. The molecule has 0 unspecified atom stereocenters. The molecule has 1 rings (SSSR count). The van der Waals surface area contributed by atoms with Crippen molar-refractivity contribution in [2.75, 3.05) is 6.61 Å². The Morgan fingerprint density at radius 2 is 1.68 bits per heavy atom. The molecular weight excluding hydrogens is 289 g/mol. The van der Waals surface area contributed by atoms with Crippen molar-refractivity contribution in [3.05, 3.63) is 35.9 Å². The van der Waals surface area contributed by atoms with E-state index in [2.05, 4.69) is 0 Å². The molecule has 19 heavy (non-hydrogen) atoms. The first-order chi connectivity index (χ1) is 8.59. The van der Waals surface area contributed by atoms with Gasteiger partial charge >= 0.3 is 21.6 Å². The van der Waals surface area contributed by atoms with Crippen LogP contribution in [0.3, 0.4) is 0 Å². The molecule has 1 aromatic carbocycles. The van der Waals surface area contributed by atoms with Crippen LogP contribution in [-0.2, 0) is 14.9 Å². The molecule has 0 aliphatic rings. The number of alkyl halides is 3. The van der Waals surface area contributed by atoms with Crippen molar-refractivity contribution in [3.8, 4) is 0 Å². The van der Waals surface area contributed by atoms with Crippen LogP contribution in [-0.4, -0.2) is 31.1 Å². The zero-order valence-electron chi connectivity index (χ0n) is 9.72. The van der Waals surface area contributed by atoms with E-state index in [0.717, 1.165) is 0 Å². The lowest BCUT2D eigenvalue weighted by Crippen LogP contribution is -2.21. The third-order valence-electron chi connectivity index (χ3n) is 1.58. The van der Waals surface area contributed by atoms with Crippen molar-refractivity contribution in [2.45, 2.75) is 12.4 Å². The van der Waals surface area contributed by atoms with Crippen molar-refractivity contribution >= 4 is 16.1 Å². The Balaban J connectivity index is 0.000000362. The Hall–Kier alpha value is -1.61. The first-order valence-corrected chi connectivity index (χ1v) is 6.29. The van der Waals surface area contributed by atoms with Gasteiger partial charge in [0.15, 0.2) is 0 Å². The lowest BCUT2D eigenvalue weighted by Gasteiger charge is -1.99. The van der Waals surface area contributed by atoms with E-state index in [1.165, 1.54) is 0 Å².